The number of rotatable bonds is 5. The summed E-state index contributed by atoms with van der Waals surface area (Å²) in [6.45, 7) is 1.81. The molecular weight excluding hydrogens is 390 g/mol. The van der Waals surface area contributed by atoms with Crippen molar-refractivity contribution in [2.75, 3.05) is 12.3 Å². The SMILES string of the molecule is Cc1noc(-c2ccn3c(CNC(=O)CN4C(=O)CSC4=S)nnc3c2)n1. The van der Waals surface area contributed by atoms with Crippen LogP contribution >= 0.6 is 24.0 Å². The van der Waals surface area contributed by atoms with Gasteiger partial charge in [-0.3, -0.25) is 18.9 Å². The molecule has 0 spiro atoms. The third-order valence-electron chi connectivity index (χ3n) is 3.84. The molecule has 10 nitrogen and oxygen atoms in total. The Labute approximate surface area is 162 Å². The highest BCUT2D eigenvalue weighted by Crippen LogP contribution is 2.19. The number of hydrogen-bond donors (Lipinski definition) is 1. The van der Waals surface area contributed by atoms with Crippen molar-refractivity contribution in [1.82, 2.24) is 35.0 Å². The predicted octanol–water partition coefficient (Wildman–Crippen LogP) is 0.564. The number of thiocarbonyl (C=S) groups is 1. The Balaban J connectivity index is 1.44. The van der Waals surface area contributed by atoms with Gasteiger partial charge in [-0.1, -0.05) is 29.1 Å². The number of carbonyl (C=O) groups excluding carboxylic acids is 2. The topological polar surface area (TPSA) is 119 Å². The van der Waals surface area contributed by atoms with E-state index in [9.17, 15) is 9.59 Å². The highest BCUT2D eigenvalue weighted by atomic mass is 32.2. The first-order valence-electron chi connectivity index (χ1n) is 7.89. The van der Waals surface area contributed by atoms with Crippen molar-refractivity contribution in [3.63, 3.8) is 0 Å². The first-order valence-corrected chi connectivity index (χ1v) is 9.29. The summed E-state index contributed by atoms with van der Waals surface area (Å²) < 4.78 is 7.31. The second-order valence-electron chi connectivity index (χ2n) is 5.72. The van der Waals surface area contributed by atoms with Gasteiger partial charge in [-0.25, -0.2) is 0 Å². The van der Waals surface area contributed by atoms with Crippen molar-refractivity contribution in [2.24, 2.45) is 0 Å². The van der Waals surface area contributed by atoms with Gasteiger partial charge in [0.2, 0.25) is 11.8 Å². The zero-order chi connectivity index (χ0) is 19.0. The third-order valence-corrected chi connectivity index (χ3v) is 5.27. The van der Waals surface area contributed by atoms with Crippen LogP contribution in [0.3, 0.4) is 0 Å². The second-order valence-corrected chi connectivity index (χ2v) is 7.33. The van der Waals surface area contributed by atoms with E-state index in [1.807, 2.05) is 0 Å². The van der Waals surface area contributed by atoms with Gasteiger partial charge in [-0.05, 0) is 19.1 Å². The Morgan fingerprint density at radius 2 is 2.30 bits per heavy atom. The van der Waals surface area contributed by atoms with Crippen LogP contribution in [0.4, 0.5) is 0 Å². The van der Waals surface area contributed by atoms with E-state index in [1.54, 1.807) is 29.7 Å². The highest BCUT2D eigenvalue weighted by molar-refractivity contribution is 8.23. The summed E-state index contributed by atoms with van der Waals surface area (Å²) in [5.74, 6) is 1.31. The fourth-order valence-corrected chi connectivity index (χ4v) is 3.59. The van der Waals surface area contributed by atoms with Crippen molar-refractivity contribution in [3.05, 3.63) is 30.0 Å². The smallest absolute Gasteiger partial charge is 0.258 e. The van der Waals surface area contributed by atoms with Crippen LogP contribution in [0.25, 0.3) is 17.1 Å². The molecule has 3 aromatic rings. The van der Waals surface area contributed by atoms with Crippen LogP contribution < -0.4 is 5.32 Å². The molecule has 0 bridgehead atoms. The van der Waals surface area contributed by atoms with E-state index in [1.165, 1.54) is 16.7 Å². The van der Waals surface area contributed by atoms with Crippen LogP contribution in [0.5, 0.6) is 0 Å². The summed E-state index contributed by atoms with van der Waals surface area (Å²) in [7, 11) is 0. The summed E-state index contributed by atoms with van der Waals surface area (Å²) in [5.41, 5.74) is 1.31. The molecule has 3 aromatic heterocycles. The van der Waals surface area contributed by atoms with Gasteiger partial charge >= 0.3 is 0 Å². The number of amides is 2. The highest BCUT2D eigenvalue weighted by Gasteiger charge is 2.28. The average molecular weight is 403 g/mol. The Kier molecular flexibility index (Phi) is 4.58. The average Bonchev–Trinajstić information content (AvgIpc) is 3.34. The molecule has 1 saturated heterocycles. The molecule has 0 atom stereocenters. The molecule has 1 N–H and O–H groups in total. The second kappa shape index (κ2) is 7.04. The van der Waals surface area contributed by atoms with Crippen LogP contribution in [0.2, 0.25) is 0 Å². The standard InChI is InChI=1S/C15H13N7O3S2/c1-8-17-14(25-20-8)9-2-3-21-10(4-9)18-19-11(21)5-16-12(23)6-22-13(24)7-27-15(22)26/h2-4H,5-7H2,1H3,(H,16,23). The van der Waals surface area contributed by atoms with E-state index in [0.717, 1.165) is 5.56 Å². The van der Waals surface area contributed by atoms with Crippen LogP contribution in [-0.4, -0.2) is 58.1 Å². The van der Waals surface area contributed by atoms with E-state index in [4.69, 9.17) is 16.7 Å². The Bertz CT molecular complexity index is 1040. The lowest BCUT2D eigenvalue weighted by molar-refractivity contribution is -0.129. The maximum absolute atomic E-state index is 12.1. The van der Waals surface area contributed by atoms with Crippen LogP contribution in [0.1, 0.15) is 11.6 Å². The number of nitrogens with zero attached hydrogens (tertiary/aromatic N) is 6. The molecule has 1 aliphatic rings. The molecule has 4 rings (SSSR count). The number of fused-ring (bicyclic) bond motifs is 1. The number of hydrogen-bond acceptors (Lipinski definition) is 9. The fraction of sp³-hybridized carbons (Fsp3) is 0.267. The lowest BCUT2D eigenvalue weighted by Gasteiger charge is -2.14. The van der Waals surface area contributed by atoms with Gasteiger partial charge in [-0.15, -0.1) is 10.2 Å². The largest absolute Gasteiger partial charge is 0.347 e. The van der Waals surface area contributed by atoms with Crippen molar-refractivity contribution in [1.29, 1.82) is 0 Å². The maximum Gasteiger partial charge on any atom is 0.258 e. The Hall–Kier alpha value is -2.86. The summed E-state index contributed by atoms with van der Waals surface area (Å²) in [4.78, 5) is 29.3. The zero-order valence-corrected chi connectivity index (χ0v) is 15.7. The molecule has 0 unspecified atom stereocenters. The van der Waals surface area contributed by atoms with E-state index in [0.29, 0.717) is 27.5 Å². The molecule has 27 heavy (non-hydrogen) atoms. The van der Waals surface area contributed by atoms with Crippen LogP contribution in [0.15, 0.2) is 22.9 Å². The zero-order valence-electron chi connectivity index (χ0n) is 14.1. The summed E-state index contributed by atoms with van der Waals surface area (Å²) in [5, 5.41) is 14.7. The van der Waals surface area contributed by atoms with E-state index in [2.05, 4.69) is 25.7 Å². The first-order chi connectivity index (χ1) is 13.0. The Morgan fingerprint density at radius 3 is 3.00 bits per heavy atom. The lowest BCUT2D eigenvalue weighted by atomic mass is 10.2. The van der Waals surface area contributed by atoms with Crippen molar-refractivity contribution in [3.8, 4) is 11.5 Å². The molecule has 0 saturated carbocycles. The molecular formula is C15H13N7O3S2. The van der Waals surface area contributed by atoms with E-state index >= 15 is 0 Å². The van der Waals surface area contributed by atoms with Crippen molar-refractivity contribution >= 4 is 45.8 Å². The maximum atomic E-state index is 12.1. The van der Waals surface area contributed by atoms with Crippen LogP contribution in [-0.2, 0) is 16.1 Å². The van der Waals surface area contributed by atoms with Gasteiger partial charge in [0.25, 0.3) is 5.89 Å². The molecule has 4 heterocycles. The van der Waals surface area contributed by atoms with Gasteiger partial charge in [0.1, 0.15) is 10.9 Å². The normalized spacial score (nSPS) is 14.3. The fourth-order valence-electron chi connectivity index (χ4n) is 2.52. The minimum Gasteiger partial charge on any atom is -0.347 e. The van der Waals surface area contributed by atoms with E-state index in [-0.39, 0.29) is 30.7 Å². The van der Waals surface area contributed by atoms with Gasteiger partial charge < -0.3 is 9.84 Å². The third kappa shape index (κ3) is 3.53. The number of aryl methyl sites for hydroxylation is 1. The van der Waals surface area contributed by atoms with Gasteiger partial charge in [0.05, 0.1) is 12.3 Å². The molecule has 12 heteroatoms. The predicted molar refractivity (Wildman–Crippen MR) is 99.6 cm³/mol. The quantitative estimate of drug-likeness (QED) is 0.610. The number of thioether (sulfide) groups is 1. The minimum atomic E-state index is -0.317. The minimum absolute atomic E-state index is 0.0952. The molecule has 2 amide bonds. The number of pyridine rings is 1. The van der Waals surface area contributed by atoms with Gasteiger partial charge in [0.15, 0.2) is 17.3 Å². The van der Waals surface area contributed by atoms with E-state index < -0.39 is 0 Å². The van der Waals surface area contributed by atoms with Crippen LogP contribution in [0, 0.1) is 6.92 Å². The molecule has 138 valence electrons. The number of carbonyl (C=O) groups is 2. The summed E-state index contributed by atoms with van der Waals surface area (Å²) >= 11 is 6.32. The molecule has 0 aliphatic carbocycles. The lowest BCUT2D eigenvalue weighted by Crippen LogP contribution is -2.39. The number of aromatic nitrogens is 5. The molecule has 0 radical (unpaired) electrons. The summed E-state index contributed by atoms with van der Waals surface area (Å²) in [6.07, 6.45) is 1.77. The molecule has 1 fully saturated rings. The van der Waals surface area contributed by atoms with Gasteiger partial charge in [0, 0.05) is 11.8 Å². The van der Waals surface area contributed by atoms with Gasteiger partial charge in [-0.2, -0.15) is 4.98 Å². The monoisotopic (exact) mass is 403 g/mol. The van der Waals surface area contributed by atoms with Crippen molar-refractivity contribution < 1.29 is 14.1 Å². The number of nitrogens with one attached hydrogen (secondary N) is 1. The molecule has 0 aromatic carbocycles. The van der Waals surface area contributed by atoms with Crippen molar-refractivity contribution in [2.45, 2.75) is 13.5 Å². The Morgan fingerprint density at radius 1 is 1.44 bits per heavy atom. The first kappa shape index (κ1) is 17.5. The summed E-state index contributed by atoms with van der Waals surface area (Å²) in [6, 6.07) is 3.57. The molecule has 1 aliphatic heterocycles.